The molecule has 1 aromatic rings. The number of hydrogen-bond acceptors (Lipinski definition) is 3. The number of ether oxygens (including phenoxy) is 2. The van der Waals surface area contributed by atoms with Crippen LogP contribution in [-0.4, -0.2) is 20.8 Å². The van der Waals surface area contributed by atoms with Crippen molar-refractivity contribution in [1.82, 2.24) is 5.32 Å². The highest BCUT2D eigenvalue weighted by Gasteiger charge is 2.41. The minimum Gasteiger partial charge on any atom is -0.495 e. The number of nitrogens with one attached hydrogen (secondary N) is 1. The van der Waals surface area contributed by atoms with Gasteiger partial charge in [-0.25, -0.2) is 0 Å². The summed E-state index contributed by atoms with van der Waals surface area (Å²) >= 11 is 6.34. The Hall–Kier alpha value is -0.930. The minimum absolute atomic E-state index is 0.304. The lowest BCUT2D eigenvalue weighted by Crippen LogP contribution is -2.24. The van der Waals surface area contributed by atoms with Crippen molar-refractivity contribution in [3.8, 4) is 11.5 Å². The van der Waals surface area contributed by atoms with Gasteiger partial charge in [0.2, 0.25) is 0 Å². The van der Waals surface area contributed by atoms with Crippen LogP contribution in [0.4, 0.5) is 0 Å². The molecule has 1 aliphatic rings. The first-order chi connectivity index (χ1) is 9.13. The summed E-state index contributed by atoms with van der Waals surface area (Å²) in [4.78, 5) is 0. The number of halogens is 1. The van der Waals surface area contributed by atoms with Crippen LogP contribution in [0.5, 0.6) is 11.5 Å². The van der Waals surface area contributed by atoms with E-state index in [1.165, 1.54) is 6.42 Å². The monoisotopic (exact) mass is 283 g/mol. The van der Waals surface area contributed by atoms with E-state index in [0.717, 1.165) is 23.8 Å². The van der Waals surface area contributed by atoms with Gasteiger partial charge in [-0.05, 0) is 36.9 Å². The summed E-state index contributed by atoms with van der Waals surface area (Å²) in [6, 6.07) is 4.28. The van der Waals surface area contributed by atoms with Crippen LogP contribution in [0.1, 0.15) is 31.9 Å². The summed E-state index contributed by atoms with van der Waals surface area (Å²) in [5, 5.41) is 4.11. The first kappa shape index (κ1) is 14.5. The smallest absolute Gasteiger partial charge is 0.146 e. The molecule has 0 aromatic heterocycles. The van der Waals surface area contributed by atoms with Gasteiger partial charge in [-0.1, -0.05) is 25.4 Å². The Kier molecular flexibility index (Phi) is 4.58. The molecule has 1 fully saturated rings. The average Bonchev–Trinajstić information content (AvgIpc) is 3.12. The Labute approximate surface area is 120 Å². The van der Waals surface area contributed by atoms with Crippen LogP contribution >= 0.6 is 11.6 Å². The fourth-order valence-corrected chi connectivity index (χ4v) is 3.02. The fraction of sp³-hybridized carbons (Fsp3) is 0.600. The van der Waals surface area contributed by atoms with Crippen molar-refractivity contribution >= 4 is 11.6 Å². The lowest BCUT2D eigenvalue weighted by molar-refractivity contribution is 0.378. The topological polar surface area (TPSA) is 30.5 Å². The van der Waals surface area contributed by atoms with Crippen LogP contribution in [0.15, 0.2) is 12.1 Å². The van der Waals surface area contributed by atoms with E-state index < -0.39 is 0 Å². The molecule has 19 heavy (non-hydrogen) atoms. The predicted molar refractivity (Wildman–Crippen MR) is 78.2 cm³/mol. The summed E-state index contributed by atoms with van der Waals surface area (Å²) in [6.45, 7) is 5.34. The number of methoxy groups -OCH3 is 2. The van der Waals surface area contributed by atoms with Gasteiger partial charge in [0, 0.05) is 11.6 Å². The lowest BCUT2D eigenvalue weighted by atomic mass is 9.99. The van der Waals surface area contributed by atoms with Gasteiger partial charge in [-0.2, -0.15) is 0 Å². The second-order valence-electron chi connectivity index (χ2n) is 5.12. The second-order valence-corrected chi connectivity index (χ2v) is 5.49. The summed E-state index contributed by atoms with van der Waals surface area (Å²) in [6.07, 6.45) is 1.25. The lowest BCUT2D eigenvalue weighted by Gasteiger charge is -2.22. The summed E-state index contributed by atoms with van der Waals surface area (Å²) < 4.78 is 10.8. The Morgan fingerprint density at radius 2 is 2.05 bits per heavy atom. The molecule has 0 bridgehead atoms. The molecule has 1 aliphatic carbocycles. The predicted octanol–water partition coefficient (Wildman–Crippen LogP) is 3.66. The zero-order valence-corrected chi connectivity index (χ0v) is 12.8. The van der Waals surface area contributed by atoms with Crippen LogP contribution in [-0.2, 0) is 0 Å². The molecule has 0 radical (unpaired) electrons. The molecule has 4 heteroatoms. The molecule has 0 spiro atoms. The zero-order chi connectivity index (χ0) is 14.0. The van der Waals surface area contributed by atoms with Crippen LogP contribution in [0.25, 0.3) is 0 Å². The van der Waals surface area contributed by atoms with Crippen molar-refractivity contribution in [2.24, 2.45) is 11.8 Å². The van der Waals surface area contributed by atoms with Crippen LogP contribution in [0.2, 0.25) is 5.02 Å². The van der Waals surface area contributed by atoms with Gasteiger partial charge in [0.1, 0.15) is 16.5 Å². The van der Waals surface area contributed by atoms with E-state index >= 15 is 0 Å². The van der Waals surface area contributed by atoms with Crippen LogP contribution < -0.4 is 14.8 Å². The van der Waals surface area contributed by atoms with Crippen LogP contribution in [0, 0.1) is 11.8 Å². The molecule has 1 aromatic carbocycles. The minimum atomic E-state index is 0.304. The van der Waals surface area contributed by atoms with E-state index in [9.17, 15) is 0 Å². The third kappa shape index (κ3) is 2.82. The summed E-state index contributed by atoms with van der Waals surface area (Å²) in [5.74, 6) is 2.81. The van der Waals surface area contributed by atoms with E-state index in [2.05, 4.69) is 25.2 Å². The summed E-state index contributed by atoms with van der Waals surface area (Å²) in [7, 11) is 3.27. The first-order valence-electron chi connectivity index (χ1n) is 6.77. The number of rotatable bonds is 6. The number of benzene rings is 1. The zero-order valence-electron chi connectivity index (χ0n) is 12.0. The molecule has 0 saturated heterocycles. The normalized spacial score (nSPS) is 23.0. The Morgan fingerprint density at radius 3 is 2.53 bits per heavy atom. The SMILES string of the molecule is CCNC(c1ccc(OC)c(Cl)c1OC)C1CC1C. The molecule has 1 N–H and O–H groups in total. The molecule has 0 amide bonds. The molecule has 106 valence electrons. The molecule has 2 rings (SSSR count). The quantitative estimate of drug-likeness (QED) is 0.864. The van der Waals surface area contributed by atoms with Crippen molar-refractivity contribution in [2.75, 3.05) is 20.8 Å². The summed E-state index contributed by atoms with van der Waals surface area (Å²) in [5.41, 5.74) is 1.13. The largest absolute Gasteiger partial charge is 0.495 e. The maximum Gasteiger partial charge on any atom is 0.146 e. The average molecular weight is 284 g/mol. The molecular formula is C15H22ClNO2. The van der Waals surface area contributed by atoms with E-state index in [4.69, 9.17) is 21.1 Å². The van der Waals surface area contributed by atoms with Gasteiger partial charge in [-0.15, -0.1) is 0 Å². The maximum absolute atomic E-state index is 6.34. The van der Waals surface area contributed by atoms with Crippen molar-refractivity contribution in [3.05, 3.63) is 22.7 Å². The highest BCUT2D eigenvalue weighted by molar-refractivity contribution is 6.33. The van der Waals surface area contributed by atoms with E-state index in [0.29, 0.717) is 22.7 Å². The third-order valence-corrected chi connectivity index (χ3v) is 4.23. The standard InChI is InChI=1S/C15H22ClNO2/c1-5-17-14(11-8-9(11)2)10-6-7-12(18-3)13(16)15(10)19-4/h6-7,9,11,14,17H,5,8H2,1-4H3. The molecule has 3 unspecified atom stereocenters. The molecule has 1 saturated carbocycles. The van der Waals surface area contributed by atoms with Gasteiger partial charge in [-0.3, -0.25) is 0 Å². The van der Waals surface area contributed by atoms with Gasteiger partial charge in [0.05, 0.1) is 14.2 Å². The third-order valence-electron chi connectivity index (χ3n) is 3.88. The molecular weight excluding hydrogens is 262 g/mol. The number of hydrogen-bond donors (Lipinski definition) is 1. The van der Waals surface area contributed by atoms with Gasteiger partial charge >= 0.3 is 0 Å². The van der Waals surface area contributed by atoms with Gasteiger partial charge in [0.15, 0.2) is 0 Å². The molecule has 0 aliphatic heterocycles. The molecule has 3 nitrogen and oxygen atoms in total. The molecule has 3 atom stereocenters. The van der Waals surface area contributed by atoms with Crippen molar-refractivity contribution < 1.29 is 9.47 Å². The van der Waals surface area contributed by atoms with E-state index in [-0.39, 0.29) is 0 Å². The van der Waals surface area contributed by atoms with Gasteiger partial charge < -0.3 is 14.8 Å². The van der Waals surface area contributed by atoms with Crippen LogP contribution in [0.3, 0.4) is 0 Å². The first-order valence-corrected chi connectivity index (χ1v) is 7.15. The Balaban J connectivity index is 2.38. The van der Waals surface area contributed by atoms with Crippen molar-refractivity contribution in [1.29, 1.82) is 0 Å². The fourth-order valence-electron chi connectivity index (χ4n) is 2.69. The maximum atomic E-state index is 6.34. The van der Waals surface area contributed by atoms with Crippen molar-refractivity contribution in [2.45, 2.75) is 26.3 Å². The van der Waals surface area contributed by atoms with Gasteiger partial charge in [0.25, 0.3) is 0 Å². The Bertz CT molecular complexity index is 450. The second kappa shape index (κ2) is 6.02. The van der Waals surface area contributed by atoms with Crippen molar-refractivity contribution in [3.63, 3.8) is 0 Å². The van der Waals surface area contributed by atoms with E-state index in [1.807, 2.05) is 6.07 Å². The van der Waals surface area contributed by atoms with E-state index in [1.54, 1.807) is 14.2 Å². The Morgan fingerprint density at radius 1 is 1.37 bits per heavy atom. The highest BCUT2D eigenvalue weighted by atomic mass is 35.5. The molecule has 0 heterocycles. The highest BCUT2D eigenvalue weighted by Crippen LogP contribution is 2.50.